The van der Waals surface area contributed by atoms with Gasteiger partial charge in [0.05, 0.1) is 13.2 Å². The van der Waals surface area contributed by atoms with Crippen molar-refractivity contribution in [3.63, 3.8) is 0 Å². The summed E-state index contributed by atoms with van der Waals surface area (Å²) in [6.45, 7) is 1.39. The van der Waals surface area contributed by atoms with Crippen molar-refractivity contribution in [1.29, 1.82) is 0 Å². The second kappa shape index (κ2) is 12.4. The van der Waals surface area contributed by atoms with Crippen LogP contribution >= 0.6 is 11.6 Å². The summed E-state index contributed by atoms with van der Waals surface area (Å²) in [5.41, 5.74) is 2.33. The Bertz CT molecular complexity index is 904. The summed E-state index contributed by atoms with van der Waals surface area (Å²) >= 11 is 6.42. The third kappa shape index (κ3) is 7.22. The Balaban J connectivity index is 1.82. The van der Waals surface area contributed by atoms with E-state index in [1.54, 1.807) is 18.2 Å². The summed E-state index contributed by atoms with van der Waals surface area (Å²) in [5, 5.41) is 31.9. The average Bonchev–Trinajstić information content (AvgIpc) is 2.80. The first-order valence-corrected chi connectivity index (χ1v) is 11.1. The lowest BCUT2D eigenvalue weighted by atomic mass is 9.94. The minimum Gasteiger partial charge on any atom is -0.494 e. The van der Waals surface area contributed by atoms with E-state index in [4.69, 9.17) is 30.5 Å². The number of ether oxygens (including phenoxy) is 4. The summed E-state index contributed by atoms with van der Waals surface area (Å²) in [6.07, 6.45) is -4.99. The molecule has 8 nitrogen and oxygen atoms in total. The van der Waals surface area contributed by atoms with Gasteiger partial charge in [-0.15, -0.1) is 0 Å². The number of benzene rings is 2. The van der Waals surface area contributed by atoms with Crippen LogP contribution in [0.25, 0.3) is 0 Å². The lowest BCUT2D eigenvalue weighted by molar-refractivity contribution is -0.178. The molecule has 9 heteroatoms. The second-order valence-corrected chi connectivity index (χ2v) is 8.17. The predicted molar refractivity (Wildman–Crippen MR) is 120 cm³/mol. The SMILES string of the molecule is CCOc1ccc(Cc2cc(C3OCOCC(=O)COCC(O)C(O)C3O)ccc2Cl)cc1. The van der Waals surface area contributed by atoms with E-state index in [0.717, 1.165) is 16.9 Å². The van der Waals surface area contributed by atoms with Crippen molar-refractivity contribution < 1.29 is 39.1 Å². The van der Waals surface area contributed by atoms with Gasteiger partial charge in [-0.1, -0.05) is 35.9 Å². The van der Waals surface area contributed by atoms with Crippen LogP contribution in [-0.4, -0.2) is 72.6 Å². The highest BCUT2D eigenvalue weighted by Gasteiger charge is 2.34. The number of rotatable bonds is 5. The number of Topliss-reactive ketones (excluding diaryl/α,β-unsaturated/α-hetero) is 1. The predicted octanol–water partition coefficient (Wildman–Crippen LogP) is 2.04. The lowest BCUT2D eigenvalue weighted by Gasteiger charge is -2.30. The summed E-state index contributed by atoms with van der Waals surface area (Å²) in [7, 11) is 0. The van der Waals surface area contributed by atoms with E-state index >= 15 is 0 Å². The van der Waals surface area contributed by atoms with Crippen LogP contribution in [-0.2, 0) is 25.4 Å². The minimum absolute atomic E-state index is 0.231. The van der Waals surface area contributed by atoms with E-state index < -0.39 is 24.4 Å². The van der Waals surface area contributed by atoms with E-state index in [-0.39, 0.29) is 32.4 Å². The van der Waals surface area contributed by atoms with Gasteiger partial charge in [-0.2, -0.15) is 0 Å². The number of carbonyl (C=O) groups excluding carboxylic acids is 1. The number of aliphatic hydroxyl groups excluding tert-OH is 3. The first-order valence-electron chi connectivity index (χ1n) is 10.7. The molecule has 1 aliphatic heterocycles. The van der Waals surface area contributed by atoms with Gasteiger partial charge in [0.1, 0.15) is 50.2 Å². The maximum absolute atomic E-state index is 11.7. The minimum atomic E-state index is -1.57. The largest absolute Gasteiger partial charge is 0.494 e. The molecule has 33 heavy (non-hydrogen) atoms. The smallest absolute Gasteiger partial charge is 0.184 e. The van der Waals surface area contributed by atoms with Crippen LogP contribution in [0.2, 0.25) is 5.02 Å². The Morgan fingerprint density at radius 1 is 1.03 bits per heavy atom. The normalized spacial score (nSPS) is 25.2. The highest BCUT2D eigenvalue weighted by molar-refractivity contribution is 6.31. The van der Waals surface area contributed by atoms with Crippen LogP contribution in [0.15, 0.2) is 42.5 Å². The number of halogens is 1. The van der Waals surface area contributed by atoms with E-state index in [1.165, 1.54) is 0 Å². The molecule has 0 spiro atoms. The van der Waals surface area contributed by atoms with Crippen LogP contribution < -0.4 is 4.74 Å². The highest BCUT2D eigenvalue weighted by Crippen LogP contribution is 2.30. The van der Waals surface area contributed by atoms with E-state index in [0.29, 0.717) is 23.6 Å². The average molecular weight is 481 g/mol. The standard InChI is InChI=1S/C24H29ClO8/c1-2-32-19-6-3-15(4-7-19)9-17-10-16(5-8-20(17)25)24-23(29)22(28)21(27)13-30-11-18(26)12-31-14-33-24/h3-8,10,21-24,27-29H,2,9,11-14H2,1H3. The summed E-state index contributed by atoms with van der Waals surface area (Å²) in [6, 6.07) is 12.8. The van der Waals surface area contributed by atoms with E-state index in [1.807, 2.05) is 31.2 Å². The van der Waals surface area contributed by atoms with Gasteiger partial charge in [-0.3, -0.25) is 4.79 Å². The number of aliphatic hydroxyl groups is 3. The number of carbonyl (C=O) groups is 1. The van der Waals surface area contributed by atoms with E-state index in [9.17, 15) is 20.1 Å². The lowest BCUT2D eigenvalue weighted by Crippen LogP contribution is -2.44. The molecule has 0 aromatic heterocycles. The molecule has 1 aliphatic rings. The summed E-state index contributed by atoms with van der Waals surface area (Å²) in [4.78, 5) is 11.7. The quantitative estimate of drug-likeness (QED) is 0.595. The molecule has 2 aromatic carbocycles. The zero-order chi connectivity index (χ0) is 23.8. The first-order chi connectivity index (χ1) is 15.9. The number of hydrogen-bond donors (Lipinski definition) is 3. The van der Waals surface area contributed by atoms with Gasteiger partial charge < -0.3 is 34.3 Å². The van der Waals surface area contributed by atoms with Crippen LogP contribution in [0.4, 0.5) is 0 Å². The van der Waals surface area contributed by atoms with E-state index in [2.05, 4.69) is 0 Å². The molecule has 3 N–H and O–H groups in total. The summed E-state index contributed by atoms with van der Waals surface area (Å²) in [5.74, 6) is 0.447. The molecular formula is C24H29ClO8. The Morgan fingerprint density at radius 3 is 2.48 bits per heavy atom. The van der Waals surface area contributed by atoms with Crippen molar-refractivity contribution in [3.05, 3.63) is 64.2 Å². The monoisotopic (exact) mass is 480 g/mol. The molecule has 0 aliphatic carbocycles. The Kier molecular flexibility index (Phi) is 9.64. The van der Waals surface area contributed by atoms with Crippen molar-refractivity contribution in [2.45, 2.75) is 37.8 Å². The molecule has 0 amide bonds. The van der Waals surface area contributed by atoms with Gasteiger partial charge in [0.25, 0.3) is 0 Å². The van der Waals surface area contributed by atoms with Crippen molar-refractivity contribution in [3.8, 4) is 5.75 Å². The highest BCUT2D eigenvalue weighted by atomic mass is 35.5. The maximum Gasteiger partial charge on any atom is 0.184 e. The zero-order valence-electron chi connectivity index (χ0n) is 18.4. The number of ketones is 1. The molecule has 4 unspecified atom stereocenters. The number of hydrogen-bond acceptors (Lipinski definition) is 8. The Labute approximate surface area is 197 Å². The topological polar surface area (TPSA) is 115 Å². The maximum atomic E-state index is 11.7. The molecule has 1 heterocycles. The van der Waals surface area contributed by atoms with Crippen LogP contribution in [0.3, 0.4) is 0 Å². The van der Waals surface area contributed by atoms with Gasteiger partial charge >= 0.3 is 0 Å². The molecule has 1 saturated heterocycles. The molecule has 0 bridgehead atoms. The molecular weight excluding hydrogens is 452 g/mol. The summed E-state index contributed by atoms with van der Waals surface area (Å²) < 4.78 is 21.5. The van der Waals surface area contributed by atoms with Crippen LogP contribution in [0, 0.1) is 0 Å². The fraction of sp³-hybridized carbons (Fsp3) is 0.458. The third-order valence-electron chi connectivity index (χ3n) is 5.23. The Morgan fingerprint density at radius 2 is 1.76 bits per heavy atom. The van der Waals surface area contributed by atoms with Gasteiger partial charge in [0.15, 0.2) is 5.78 Å². The molecule has 1 fully saturated rings. The zero-order valence-corrected chi connectivity index (χ0v) is 19.1. The molecule has 0 radical (unpaired) electrons. The fourth-order valence-corrected chi connectivity index (χ4v) is 3.69. The molecule has 2 aromatic rings. The van der Waals surface area contributed by atoms with Gasteiger partial charge in [-0.05, 0) is 48.2 Å². The van der Waals surface area contributed by atoms with Crippen LogP contribution in [0.1, 0.15) is 29.7 Å². The first kappa shape index (κ1) is 25.6. The molecule has 4 atom stereocenters. The van der Waals surface area contributed by atoms with Crippen molar-refractivity contribution in [1.82, 2.24) is 0 Å². The van der Waals surface area contributed by atoms with Crippen molar-refractivity contribution >= 4 is 17.4 Å². The molecule has 3 rings (SSSR count). The van der Waals surface area contributed by atoms with Gasteiger partial charge in [0.2, 0.25) is 0 Å². The van der Waals surface area contributed by atoms with Gasteiger partial charge in [0, 0.05) is 5.02 Å². The van der Waals surface area contributed by atoms with Crippen molar-refractivity contribution in [2.24, 2.45) is 0 Å². The van der Waals surface area contributed by atoms with Crippen LogP contribution in [0.5, 0.6) is 5.75 Å². The van der Waals surface area contributed by atoms with Crippen molar-refractivity contribution in [2.75, 3.05) is 33.2 Å². The molecule has 180 valence electrons. The molecule has 0 saturated carbocycles. The third-order valence-corrected chi connectivity index (χ3v) is 5.60. The second-order valence-electron chi connectivity index (χ2n) is 7.76. The fourth-order valence-electron chi connectivity index (χ4n) is 3.51. The Hall–Kier alpha value is -2.04. The van der Waals surface area contributed by atoms with Gasteiger partial charge in [-0.25, -0.2) is 0 Å².